The second kappa shape index (κ2) is 4.50. The average Bonchev–Trinajstić information content (AvgIpc) is 3.06. The third kappa shape index (κ3) is 1.87. The first-order valence-corrected chi connectivity index (χ1v) is 7.50. The highest BCUT2D eigenvalue weighted by molar-refractivity contribution is 5.86. The highest BCUT2D eigenvalue weighted by Gasteiger charge is 2.30. The minimum Gasteiger partial charge on any atom is -0.496 e. The summed E-state index contributed by atoms with van der Waals surface area (Å²) in [6, 6.07) is 12.3. The summed E-state index contributed by atoms with van der Waals surface area (Å²) >= 11 is 0. The topological polar surface area (TPSA) is 49.9 Å². The summed E-state index contributed by atoms with van der Waals surface area (Å²) in [6.07, 6.45) is 0. The van der Waals surface area contributed by atoms with E-state index in [1.807, 2.05) is 24.3 Å². The van der Waals surface area contributed by atoms with Crippen LogP contribution in [0.15, 0.2) is 36.4 Å². The fourth-order valence-electron chi connectivity index (χ4n) is 3.14. The molecule has 0 radical (unpaired) electrons. The number of ether oxygens (including phenoxy) is 1. The molecule has 1 aliphatic heterocycles. The molecule has 0 saturated heterocycles. The molecule has 22 heavy (non-hydrogen) atoms. The maximum Gasteiger partial charge on any atom is 0.142 e. The Morgan fingerprint density at radius 2 is 2.00 bits per heavy atom. The molecule has 2 heterocycles. The number of para-hydroxylation sites is 1. The lowest BCUT2D eigenvalue weighted by atomic mass is 9.87. The van der Waals surface area contributed by atoms with Crippen LogP contribution in [-0.4, -0.2) is 23.6 Å². The number of nitrogens with zero attached hydrogens (tertiary/aromatic N) is 1. The summed E-state index contributed by atoms with van der Waals surface area (Å²) in [5, 5.41) is 3.48. The molecule has 4 nitrogen and oxygen atoms in total. The zero-order chi connectivity index (χ0) is 15.3. The van der Waals surface area contributed by atoms with Gasteiger partial charge in [0.2, 0.25) is 0 Å². The Balaban J connectivity index is 1.89. The van der Waals surface area contributed by atoms with Gasteiger partial charge in [-0.1, -0.05) is 26.0 Å². The Morgan fingerprint density at radius 1 is 1.18 bits per heavy atom. The molecule has 0 saturated carbocycles. The van der Waals surface area contributed by atoms with Crippen LogP contribution in [0.2, 0.25) is 0 Å². The second-order valence-electron chi connectivity index (χ2n) is 6.44. The number of H-pyrrole nitrogens is 1. The number of fused-ring (bicyclic) bond motifs is 2. The monoisotopic (exact) mass is 293 g/mol. The van der Waals surface area contributed by atoms with E-state index in [-0.39, 0.29) is 5.41 Å². The number of benzene rings is 2. The quantitative estimate of drug-likeness (QED) is 0.752. The van der Waals surface area contributed by atoms with Gasteiger partial charge in [-0.05, 0) is 29.8 Å². The lowest BCUT2D eigenvalue weighted by molar-refractivity contribution is 0.416. The number of rotatable bonds is 2. The van der Waals surface area contributed by atoms with Crippen molar-refractivity contribution in [2.75, 3.05) is 19.0 Å². The van der Waals surface area contributed by atoms with Gasteiger partial charge >= 0.3 is 0 Å². The van der Waals surface area contributed by atoms with Crippen molar-refractivity contribution in [3.8, 4) is 17.1 Å². The molecule has 1 aromatic heterocycles. The van der Waals surface area contributed by atoms with Gasteiger partial charge in [0.1, 0.15) is 11.6 Å². The van der Waals surface area contributed by atoms with Crippen LogP contribution in [-0.2, 0) is 5.41 Å². The third-order valence-corrected chi connectivity index (χ3v) is 4.43. The molecule has 0 bridgehead atoms. The maximum absolute atomic E-state index is 5.44. The first-order valence-electron chi connectivity index (χ1n) is 7.50. The van der Waals surface area contributed by atoms with Crippen LogP contribution in [0.3, 0.4) is 0 Å². The molecular formula is C18H19N3O. The Hall–Kier alpha value is -2.49. The fourth-order valence-corrected chi connectivity index (χ4v) is 3.14. The van der Waals surface area contributed by atoms with Crippen molar-refractivity contribution in [3.05, 3.63) is 42.0 Å². The molecule has 0 amide bonds. The van der Waals surface area contributed by atoms with E-state index in [1.54, 1.807) is 7.11 Å². The van der Waals surface area contributed by atoms with Gasteiger partial charge in [-0.2, -0.15) is 0 Å². The van der Waals surface area contributed by atoms with Crippen LogP contribution in [0.1, 0.15) is 19.4 Å². The van der Waals surface area contributed by atoms with E-state index >= 15 is 0 Å². The van der Waals surface area contributed by atoms with Crippen molar-refractivity contribution in [1.29, 1.82) is 0 Å². The van der Waals surface area contributed by atoms with Gasteiger partial charge in [0.05, 0.1) is 23.7 Å². The Bertz CT molecular complexity index is 864. The fraction of sp³-hybridized carbons (Fsp3) is 0.278. The van der Waals surface area contributed by atoms with E-state index < -0.39 is 0 Å². The number of hydrogen-bond donors (Lipinski definition) is 2. The predicted molar refractivity (Wildman–Crippen MR) is 89.6 cm³/mol. The zero-order valence-electron chi connectivity index (χ0n) is 13.0. The maximum atomic E-state index is 5.44. The molecule has 0 fully saturated rings. The Labute approximate surface area is 129 Å². The summed E-state index contributed by atoms with van der Waals surface area (Å²) < 4.78 is 5.44. The first kappa shape index (κ1) is 13.2. The van der Waals surface area contributed by atoms with Gasteiger partial charge in [-0.25, -0.2) is 4.98 Å². The van der Waals surface area contributed by atoms with Crippen LogP contribution in [0.4, 0.5) is 5.69 Å². The number of anilines is 1. The van der Waals surface area contributed by atoms with Gasteiger partial charge < -0.3 is 15.0 Å². The molecule has 4 heteroatoms. The van der Waals surface area contributed by atoms with Crippen molar-refractivity contribution < 1.29 is 4.74 Å². The molecule has 0 spiro atoms. The van der Waals surface area contributed by atoms with Crippen LogP contribution in [0.25, 0.3) is 22.4 Å². The van der Waals surface area contributed by atoms with Crippen molar-refractivity contribution in [2.45, 2.75) is 19.3 Å². The average molecular weight is 293 g/mol. The smallest absolute Gasteiger partial charge is 0.142 e. The highest BCUT2D eigenvalue weighted by Crippen LogP contribution is 2.39. The Morgan fingerprint density at radius 3 is 2.82 bits per heavy atom. The minimum absolute atomic E-state index is 0.152. The molecule has 2 N–H and O–H groups in total. The molecule has 0 atom stereocenters. The molecule has 2 aromatic carbocycles. The van der Waals surface area contributed by atoms with Crippen molar-refractivity contribution in [3.63, 3.8) is 0 Å². The number of aromatic nitrogens is 2. The van der Waals surface area contributed by atoms with Crippen molar-refractivity contribution in [1.82, 2.24) is 9.97 Å². The van der Waals surface area contributed by atoms with Crippen LogP contribution in [0, 0.1) is 0 Å². The summed E-state index contributed by atoms with van der Waals surface area (Å²) in [5.74, 6) is 1.67. The van der Waals surface area contributed by atoms with Gasteiger partial charge in [-0.3, -0.25) is 0 Å². The van der Waals surface area contributed by atoms with Gasteiger partial charge in [0.15, 0.2) is 0 Å². The molecular weight excluding hydrogens is 274 g/mol. The number of methoxy groups -OCH3 is 1. The first-order chi connectivity index (χ1) is 10.6. The van der Waals surface area contributed by atoms with E-state index in [0.29, 0.717) is 0 Å². The van der Waals surface area contributed by atoms with E-state index in [0.717, 1.165) is 34.7 Å². The summed E-state index contributed by atoms with van der Waals surface area (Å²) in [5.41, 5.74) is 5.71. The van der Waals surface area contributed by atoms with Crippen LogP contribution < -0.4 is 10.1 Å². The molecule has 112 valence electrons. The largest absolute Gasteiger partial charge is 0.496 e. The summed E-state index contributed by atoms with van der Waals surface area (Å²) in [7, 11) is 1.68. The molecule has 0 aliphatic carbocycles. The van der Waals surface area contributed by atoms with E-state index in [2.05, 4.69) is 36.3 Å². The molecule has 1 aliphatic rings. The van der Waals surface area contributed by atoms with Crippen LogP contribution >= 0.6 is 0 Å². The number of aromatic amines is 1. The predicted octanol–water partition coefficient (Wildman–Crippen LogP) is 3.94. The normalized spacial score (nSPS) is 15.6. The Kier molecular flexibility index (Phi) is 2.70. The second-order valence-corrected chi connectivity index (χ2v) is 6.44. The van der Waals surface area contributed by atoms with Gasteiger partial charge in [-0.15, -0.1) is 0 Å². The molecule has 4 rings (SSSR count). The molecule has 0 unspecified atom stereocenters. The SMILES string of the molecule is COc1ccccc1-c1nc2cc3c(cc2[nH]1)C(C)(C)CN3. The lowest BCUT2D eigenvalue weighted by Crippen LogP contribution is -2.18. The number of hydrogen-bond acceptors (Lipinski definition) is 3. The third-order valence-electron chi connectivity index (χ3n) is 4.43. The highest BCUT2D eigenvalue weighted by atomic mass is 16.5. The standard InChI is InChI=1S/C18H19N3O/c1-18(2)10-19-13-9-15-14(8-12(13)18)20-17(21-15)11-6-4-5-7-16(11)22-3/h4-9,19H,10H2,1-3H3,(H,20,21). The van der Waals surface area contributed by atoms with Gasteiger partial charge in [0, 0.05) is 17.6 Å². The van der Waals surface area contributed by atoms with Crippen LogP contribution in [0.5, 0.6) is 5.75 Å². The van der Waals surface area contributed by atoms with E-state index in [4.69, 9.17) is 9.72 Å². The summed E-state index contributed by atoms with van der Waals surface area (Å²) in [4.78, 5) is 8.18. The van der Waals surface area contributed by atoms with E-state index in [9.17, 15) is 0 Å². The minimum atomic E-state index is 0.152. The van der Waals surface area contributed by atoms with Crippen molar-refractivity contribution in [2.24, 2.45) is 0 Å². The lowest BCUT2D eigenvalue weighted by Gasteiger charge is -2.16. The van der Waals surface area contributed by atoms with E-state index in [1.165, 1.54) is 11.3 Å². The number of imidazole rings is 1. The summed E-state index contributed by atoms with van der Waals surface area (Å²) in [6.45, 7) is 5.48. The van der Waals surface area contributed by atoms with Gasteiger partial charge in [0.25, 0.3) is 0 Å². The number of nitrogens with one attached hydrogen (secondary N) is 2. The zero-order valence-corrected chi connectivity index (χ0v) is 13.0. The molecule has 3 aromatic rings. The van der Waals surface area contributed by atoms with Crippen molar-refractivity contribution >= 4 is 16.7 Å².